The molecular formula is C22H20BrIN6O. The van der Waals surface area contributed by atoms with Crippen molar-refractivity contribution in [3.05, 3.63) is 68.4 Å². The third-order valence-electron chi connectivity index (χ3n) is 5.54. The molecule has 0 saturated heterocycles. The van der Waals surface area contributed by atoms with E-state index >= 15 is 0 Å². The third-order valence-corrected chi connectivity index (χ3v) is 7.88. The molecular weight excluding hydrogens is 571 g/mol. The number of nitrogens with two attached hydrogens (primary N) is 1. The third kappa shape index (κ3) is 4.20. The number of hydrogen-bond acceptors (Lipinski definition) is 7. The van der Waals surface area contributed by atoms with Crippen molar-refractivity contribution in [1.82, 2.24) is 25.1 Å². The summed E-state index contributed by atoms with van der Waals surface area (Å²) < 4.78 is 7.74. The van der Waals surface area contributed by atoms with Crippen LogP contribution in [0.4, 0.5) is 5.95 Å². The van der Waals surface area contributed by atoms with Crippen molar-refractivity contribution in [2.45, 2.75) is 26.2 Å². The number of nitrogen functional groups attached to an aromatic ring is 1. The van der Waals surface area contributed by atoms with Gasteiger partial charge in [-0.15, -0.1) is 0 Å². The van der Waals surface area contributed by atoms with Crippen molar-refractivity contribution in [2.75, 3.05) is 5.73 Å². The Morgan fingerprint density at radius 2 is 1.77 bits per heavy atom. The first-order chi connectivity index (χ1) is 14.8. The van der Waals surface area contributed by atoms with Gasteiger partial charge in [-0.3, -0.25) is 4.98 Å². The molecule has 0 spiro atoms. The van der Waals surface area contributed by atoms with Crippen LogP contribution in [0.5, 0.6) is 0 Å². The highest BCUT2D eigenvalue weighted by Gasteiger charge is 2.38. The number of hydrogen-bond donors (Lipinski definition) is 1. The molecule has 0 aliphatic rings. The van der Waals surface area contributed by atoms with Gasteiger partial charge in [0.15, 0.2) is 5.82 Å². The van der Waals surface area contributed by atoms with Crippen LogP contribution in [0, 0.1) is 9.49 Å². The zero-order chi connectivity index (χ0) is 22.2. The molecule has 3 aromatic heterocycles. The van der Waals surface area contributed by atoms with E-state index in [1.165, 1.54) is 0 Å². The number of benzene rings is 1. The van der Waals surface area contributed by atoms with Crippen molar-refractivity contribution in [2.24, 2.45) is 5.92 Å². The van der Waals surface area contributed by atoms with E-state index < -0.39 is 5.41 Å². The lowest BCUT2D eigenvalue weighted by atomic mass is 9.73. The predicted octanol–water partition coefficient (Wildman–Crippen LogP) is 5.50. The maximum Gasteiger partial charge on any atom is 0.257 e. The molecule has 1 unspecified atom stereocenters. The molecule has 0 amide bonds. The van der Waals surface area contributed by atoms with Gasteiger partial charge in [0.25, 0.3) is 5.89 Å². The van der Waals surface area contributed by atoms with Gasteiger partial charge in [0.1, 0.15) is 0 Å². The van der Waals surface area contributed by atoms with Gasteiger partial charge in [-0.1, -0.05) is 25.1 Å². The summed E-state index contributed by atoms with van der Waals surface area (Å²) >= 11 is 5.83. The highest BCUT2D eigenvalue weighted by Crippen LogP contribution is 2.38. The van der Waals surface area contributed by atoms with Gasteiger partial charge in [0.05, 0.1) is 11.1 Å². The lowest BCUT2D eigenvalue weighted by Gasteiger charge is -2.30. The number of nitrogens with zero attached hydrogens (tertiary/aromatic N) is 5. The van der Waals surface area contributed by atoms with E-state index in [-0.39, 0.29) is 11.9 Å². The molecule has 0 saturated carbocycles. The zero-order valence-corrected chi connectivity index (χ0v) is 20.9. The minimum atomic E-state index is -0.481. The van der Waals surface area contributed by atoms with Crippen LogP contribution in [0.25, 0.3) is 22.7 Å². The zero-order valence-electron chi connectivity index (χ0n) is 17.2. The first-order valence-electron chi connectivity index (χ1n) is 9.63. The molecule has 1 aromatic carbocycles. The van der Waals surface area contributed by atoms with Gasteiger partial charge in [-0.25, -0.2) is 9.97 Å². The van der Waals surface area contributed by atoms with Crippen LogP contribution in [-0.2, 0) is 5.41 Å². The summed E-state index contributed by atoms with van der Waals surface area (Å²) in [6.07, 6.45) is 5.18. The van der Waals surface area contributed by atoms with Crippen molar-refractivity contribution in [1.29, 1.82) is 0 Å². The topological polar surface area (TPSA) is 104 Å². The van der Waals surface area contributed by atoms with Gasteiger partial charge in [-0.2, -0.15) is 4.98 Å². The SMILES string of the molecule is CC(C)C(C)(c1ccc(-c2cnc(N)nc2)nc1)c1noc(-c2ccc(I)c(Br)c2)n1. The normalized spacial score (nSPS) is 13.4. The molecule has 0 bridgehead atoms. The number of aromatic nitrogens is 5. The first-order valence-corrected chi connectivity index (χ1v) is 11.5. The van der Waals surface area contributed by atoms with E-state index in [4.69, 9.17) is 15.2 Å². The van der Waals surface area contributed by atoms with Crippen molar-refractivity contribution >= 4 is 44.5 Å². The van der Waals surface area contributed by atoms with E-state index in [0.717, 1.165) is 30.4 Å². The second-order valence-electron chi connectivity index (χ2n) is 7.67. The summed E-state index contributed by atoms with van der Waals surface area (Å²) in [5.41, 5.74) is 8.54. The summed E-state index contributed by atoms with van der Waals surface area (Å²) in [5, 5.41) is 4.34. The molecule has 0 aliphatic heterocycles. The maximum absolute atomic E-state index is 5.63. The van der Waals surface area contributed by atoms with Crippen LogP contribution >= 0.6 is 38.5 Å². The number of pyridine rings is 1. The van der Waals surface area contributed by atoms with Crippen LogP contribution in [0.1, 0.15) is 32.2 Å². The lowest BCUT2D eigenvalue weighted by molar-refractivity contribution is 0.350. The van der Waals surface area contributed by atoms with E-state index in [9.17, 15) is 0 Å². The Kier molecular flexibility index (Phi) is 6.07. The quantitative estimate of drug-likeness (QED) is 0.306. The Bertz CT molecular complexity index is 1210. The molecule has 4 aromatic rings. The predicted molar refractivity (Wildman–Crippen MR) is 131 cm³/mol. The summed E-state index contributed by atoms with van der Waals surface area (Å²) in [6, 6.07) is 9.95. The fourth-order valence-electron chi connectivity index (χ4n) is 3.24. The van der Waals surface area contributed by atoms with Crippen LogP contribution in [0.2, 0.25) is 0 Å². The van der Waals surface area contributed by atoms with Crippen LogP contribution in [-0.4, -0.2) is 25.1 Å². The minimum Gasteiger partial charge on any atom is -0.368 e. The van der Waals surface area contributed by atoms with E-state index in [0.29, 0.717) is 11.7 Å². The molecule has 31 heavy (non-hydrogen) atoms. The van der Waals surface area contributed by atoms with Gasteiger partial charge in [0, 0.05) is 37.8 Å². The Morgan fingerprint density at radius 3 is 2.39 bits per heavy atom. The molecule has 1 atom stereocenters. The summed E-state index contributed by atoms with van der Waals surface area (Å²) in [7, 11) is 0. The molecule has 0 fully saturated rings. The van der Waals surface area contributed by atoms with E-state index in [1.54, 1.807) is 12.4 Å². The molecule has 3 heterocycles. The summed E-state index contributed by atoms with van der Waals surface area (Å²) in [5.74, 6) is 1.55. The van der Waals surface area contributed by atoms with Crippen LogP contribution in [0.3, 0.4) is 0 Å². The average molecular weight is 591 g/mol. The molecule has 0 aliphatic carbocycles. The van der Waals surface area contributed by atoms with Gasteiger partial charge in [0.2, 0.25) is 5.95 Å². The lowest BCUT2D eigenvalue weighted by Crippen LogP contribution is -2.31. The van der Waals surface area contributed by atoms with Crippen molar-refractivity contribution < 1.29 is 4.52 Å². The fourth-order valence-corrected chi connectivity index (χ4v) is 3.96. The fraction of sp³-hybridized carbons (Fsp3) is 0.227. The largest absolute Gasteiger partial charge is 0.368 e. The highest BCUT2D eigenvalue weighted by molar-refractivity contribution is 14.1. The van der Waals surface area contributed by atoms with Crippen LogP contribution in [0.15, 0.2) is 57.9 Å². The van der Waals surface area contributed by atoms with Gasteiger partial charge < -0.3 is 10.3 Å². The van der Waals surface area contributed by atoms with E-state index in [1.807, 2.05) is 36.5 Å². The number of halogens is 2. The number of anilines is 1. The second-order valence-corrected chi connectivity index (χ2v) is 9.69. The smallest absolute Gasteiger partial charge is 0.257 e. The average Bonchev–Trinajstić information content (AvgIpc) is 3.26. The Morgan fingerprint density at radius 1 is 1.03 bits per heavy atom. The summed E-state index contributed by atoms with van der Waals surface area (Å²) in [6.45, 7) is 6.39. The molecule has 9 heteroatoms. The molecule has 4 rings (SSSR count). The highest BCUT2D eigenvalue weighted by atomic mass is 127. The Balaban J connectivity index is 1.70. The molecule has 7 nitrogen and oxygen atoms in total. The second kappa shape index (κ2) is 8.62. The maximum atomic E-state index is 5.63. The molecule has 0 radical (unpaired) electrons. The standard InChI is InChI=1S/C22H20BrIN6O/c1-12(2)22(3,15-5-7-18(26-11-15)14-9-27-21(25)28-10-14)20-29-19(31-30-20)13-4-6-17(24)16(23)8-13/h4-12H,1-3H3,(H2,25,27,28). The van der Waals surface area contributed by atoms with Gasteiger partial charge in [-0.05, 0) is 81.2 Å². The monoisotopic (exact) mass is 590 g/mol. The number of rotatable bonds is 5. The van der Waals surface area contributed by atoms with Crippen molar-refractivity contribution in [3.8, 4) is 22.7 Å². The molecule has 158 valence electrons. The Hall–Kier alpha value is -2.40. The van der Waals surface area contributed by atoms with E-state index in [2.05, 4.69) is 79.4 Å². The Labute approximate surface area is 202 Å². The summed E-state index contributed by atoms with van der Waals surface area (Å²) in [4.78, 5) is 17.4. The molecule has 2 N–H and O–H groups in total. The minimum absolute atomic E-state index is 0.203. The first kappa shape index (κ1) is 21.8. The van der Waals surface area contributed by atoms with Crippen LogP contribution < -0.4 is 5.73 Å². The van der Waals surface area contributed by atoms with Gasteiger partial charge >= 0.3 is 0 Å². The van der Waals surface area contributed by atoms with Crippen molar-refractivity contribution in [3.63, 3.8) is 0 Å².